The van der Waals surface area contributed by atoms with Crippen LogP contribution in [0.25, 0.3) is 11.3 Å². The molecule has 4 nitrogen and oxygen atoms in total. The van der Waals surface area contributed by atoms with Gasteiger partial charge < -0.3 is 10.1 Å². The molecule has 1 N–H and O–H groups in total. The van der Waals surface area contributed by atoms with Crippen molar-refractivity contribution in [2.75, 3.05) is 19.5 Å². The topological polar surface area (TPSA) is 47.0 Å². The van der Waals surface area contributed by atoms with E-state index in [2.05, 4.69) is 28.3 Å². The van der Waals surface area contributed by atoms with E-state index in [0.29, 0.717) is 11.7 Å². The number of methoxy groups -OCH3 is 1. The van der Waals surface area contributed by atoms with E-state index in [-0.39, 0.29) is 0 Å². The van der Waals surface area contributed by atoms with Crippen molar-refractivity contribution in [2.45, 2.75) is 6.92 Å². The number of hydrogen-bond donors (Lipinski definition) is 1. The van der Waals surface area contributed by atoms with Crippen LogP contribution >= 0.6 is 0 Å². The molecule has 0 atom stereocenters. The van der Waals surface area contributed by atoms with Gasteiger partial charge in [-0.25, -0.2) is 9.97 Å². The highest BCUT2D eigenvalue weighted by atomic mass is 16.5. The summed E-state index contributed by atoms with van der Waals surface area (Å²) in [6.07, 6.45) is 1.75. The maximum atomic E-state index is 5.20. The zero-order valence-electron chi connectivity index (χ0n) is 10.2. The highest BCUT2D eigenvalue weighted by Gasteiger charge is 2.09. The fraction of sp³-hybridized carbons (Fsp3) is 0.231. The first-order chi connectivity index (χ1) is 8.26. The molecule has 1 aromatic carbocycles. The third kappa shape index (κ3) is 2.20. The summed E-state index contributed by atoms with van der Waals surface area (Å²) in [7, 11) is 3.38. The summed E-state index contributed by atoms with van der Waals surface area (Å²) in [6.45, 7) is 2.05. The number of aryl methyl sites for hydroxylation is 1. The van der Waals surface area contributed by atoms with Gasteiger partial charge in [0.15, 0.2) is 5.82 Å². The predicted molar refractivity (Wildman–Crippen MR) is 68.3 cm³/mol. The van der Waals surface area contributed by atoms with Gasteiger partial charge in [0.2, 0.25) is 0 Å². The Labute approximate surface area is 101 Å². The first-order valence-electron chi connectivity index (χ1n) is 5.41. The van der Waals surface area contributed by atoms with Crippen LogP contribution in [0.1, 0.15) is 5.56 Å². The molecule has 0 bridgehead atoms. The third-order valence-electron chi connectivity index (χ3n) is 2.59. The quantitative estimate of drug-likeness (QED) is 0.878. The van der Waals surface area contributed by atoms with Crippen molar-refractivity contribution in [3.8, 4) is 17.1 Å². The van der Waals surface area contributed by atoms with Gasteiger partial charge in [-0.2, -0.15) is 0 Å². The molecule has 2 rings (SSSR count). The van der Waals surface area contributed by atoms with Gasteiger partial charge in [0.05, 0.1) is 19.0 Å². The molecule has 1 heterocycles. The minimum atomic E-state index is 0.508. The summed E-state index contributed by atoms with van der Waals surface area (Å²) in [5, 5.41) is 2.94. The Bertz CT molecular complexity index is 526. The fourth-order valence-electron chi connectivity index (χ4n) is 1.68. The number of anilines is 1. The Morgan fingerprint density at radius 3 is 2.65 bits per heavy atom. The Morgan fingerprint density at radius 2 is 2.00 bits per heavy atom. The molecule has 0 aliphatic rings. The highest BCUT2D eigenvalue weighted by molar-refractivity contribution is 5.64. The van der Waals surface area contributed by atoms with Crippen molar-refractivity contribution in [3.05, 3.63) is 36.0 Å². The molecule has 17 heavy (non-hydrogen) atoms. The number of ether oxygens (including phenoxy) is 1. The molecule has 1 aromatic heterocycles. The van der Waals surface area contributed by atoms with Gasteiger partial charge in [-0.1, -0.05) is 24.3 Å². The van der Waals surface area contributed by atoms with E-state index >= 15 is 0 Å². The highest BCUT2D eigenvalue weighted by Crippen LogP contribution is 2.25. The van der Waals surface area contributed by atoms with E-state index in [1.165, 1.54) is 5.56 Å². The molecule has 0 radical (unpaired) electrons. The first-order valence-corrected chi connectivity index (χ1v) is 5.41. The van der Waals surface area contributed by atoms with E-state index in [1.807, 2.05) is 18.2 Å². The van der Waals surface area contributed by atoms with Gasteiger partial charge >= 0.3 is 0 Å². The van der Waals surface area contributed by atoms with Crippen LogP contribution < -0.4 is 10.1 Å². The summed E-state index contributed by atoms with van der Waals surface area (Å²) >= 11 is 0. The molecular weight excluding hydrogens is 214 g/mol. The van der Waals surface area contributed by atoms with Crippen LogP contribution in [0.4, 0.5) is 5.82 Å². The van der Waals surface area contributed by atoms with E-state index in [0.717, 1.165) is 11.3 Å². The third-order valence-corrected chi connectivity index (χ3v) is 2.59. The molecular formula is C13H15N3O. The van der Waals surface area contributed by atoms with Crippen molar-refractivity contribution in [2.24, 2.45) is 0 Å². The molecule has 0 aliphatic carbocycles. The van der Waals surface area contributed by atoms with E-state index in [1.54, 1.807) is 20.4 Å². The smallest absolute Gasteiger partial charge is 0.257 e. The minimum absolute atomic E-state index is 0.508. The molecule has 0 saturated heterocycles. The number of nitrogens with one attached hydrogen (secondary N) is 1. The van der Waals surface area contributed by atoms with Gasteiger partial charge in [0.25, 0.3) is 5.88 Å². The summed E-state index contributed by atoms with van der Waals surface area (Å²) in [5.74, 6) is 1.15. The zero-order valence-corrected chi connectivity index (χ0v) is 10.2. The van der Waals surface area contributed by atoms with Gasteiger partial charge in [0.1, 0.15) is 0 Å². The van der Waals surface area contributed by atoms with Crippen molar-refractivity contribution in [3.63, 3.8) is 0 Å². The monoisotopic (exact) mass is 229 g/mol. The maximum absolute atomic E-state index is 5.20. The molecule has 4 heteroatoms. The van der Waals surface area contributed by atoms with Crippen molar-refractivity contribution >= 4 is 5.82 Å². The standard InChI is InChI=1S/C13H15N3O/c1-9-6-4-5-7-10(9)11-8-15-12(14-2)13(16-11)17-3/h4-8H,1-3H3,(H,14,15). The van der Waals surface area contributed by atoms with Crippen LogP contribution in [0.5, 0.6) is 5.88 Å². The summed E-state index contributed by atoms with van der Waals surface area (Å²) in [6, 6.07) is 8.07. The van der Waals surface area contributed by atoms with Crippen LogP contribution in [0, 0.1) is 6.92 Å². The summed E-state index contributed by atoms with van der Waals surface area (Å²) < 4.78 is 5.20. The molecule has 0 saturated carbocycles. The van der Waals surface area contributed by atoms with E-state index in [9.17, 15) is 0 Å². The fourth-order valence-corrected chi connectivity index (χ4v) is 1.68. The zero-order chi connectivity index (χ0) is 12.3. The number of aromatic nitrogens is 2. The molecule has 0 aliphatic heterocycles. The molecule has 0 spiro atoms. The van der Waals surface area contributed by atoms with Crippen LogP contribution in [0.15, 0.2) is 30.5 Å². The lowest BCUT2D eigenvalue weighted by atomic mass is 10.1. The molecule has 0 unspecified atom stereocenters. The number of benzene rings is 1. The van der Waals surface area contributed by atoms with Crippen molar-refractivity contribution in [1.29, 1.82) is 0 Å². The Hall–Kier alpha value is -2.10. The van der Waals surface area contributed by atoms with E-state index in [4.69, 9.17) is 4.74 Å². The Balaban J connectivity index is 2.50. The Morgan fingerprint density at radius 1 is 1.24 bits per heavy atom. The lowest BCUT2D eigenvalue weighted by molar-refractivity contribution is 0.398. The average molecular weight is 229 g/mol. The van der Waals surface area contributed by atoms with E-state index < -0.39 is 0 Å². The molecule has 88 valence electrons. The van der Waals surface area contributed by atoms with Crippen molar-refractivity contribution < 1.29 is 4.74 Å². The second-order valence-electron chi connectivity index (χ2n) is 3.68. The van der Waals surface area contributed by atoms with Crippen LogP contribution in [0.2, 0.25) is 0 Å². The summed E-state index contributed by atoms with van der Waals surface area (Å²) in [4.78, 5) is 8.73. The van der Waals surface area contributed by atoms with Crippen LogP contribution in [0.3, 0.4) is 0 Å². The SMILES string of the molecule is CNc1ncc(-c2ccccc2C)nc1OC. The molecule has 0 amide bonds. The first kappa shape index (κ1) is 11.4. The lowest BCUT2D eigenvalue weighted by Gasteiger charge is -2.09. The largest absolute Gasteiger partial charge is 0.478 e. The van der Waals surface area contributed by atoms with Gasteiger partial charge in [0, 0.05) is 12.6 Å². The second-order valence-corrected chi connectivity index (χ2v) is 3.68. The van der Waals surface area contributed by atoms with Gasteiger partial charge in [-0.15, -0.1) is 0 Å². The minimum Gasteiger partial charge on any atom is -0.478 e. The molecule has 0 fully saturated rings. The maximum Gasteiger partial charge on any atom is 0.257 e. The number of hydrogen-bond acceptors (Lipinski definition) is 4. The predicted octanol–water partition coefficient (Wildman–Crippen LogP) is 2.50. The van der Waals surface area contributed by atoms with Gasteiger partial charge in [-0.05, 0) is 12.5 Å². The van der Waals surface area contributed by atoms with Gasteiger partial charge in [-0.3, -0.25) is 0 Å². The normalized spacial score (nSPS) is 10.1. The van der Waals surface area contributed by atoms with Crippen LogP contribution in [-0.4, -0.2) is 24.1 Å². The van der Waals surface area contributed by atoms with Crippen LogP contribution in [-0.2, 0) is 0 Å². The Kier molecular flexibility index (Phi) is 3.23. The number of nitrogens with zero attached hydrogens (tertiary/aromatic N) is 2. The lowest BCUT2D eigenvalue weighted by Crippen LogP contribution is -2.00. The van der Waals surface area contributed by atoms with Crippen molar-refractivity contribution in [1.82, 2.24) is 9.97 Å². The number of rotatable bonds is 3. The average Bonchev–Trinajstić information content (AvgIpc) is 2.38. The molecule has 2 aromatic rings. The second kappa shape index (κ2) is 4.82. The summed E-state index contributed by atoms with van der Waals surface area (Å²) in [5.41, 5.74) is 3.06.